The summed E-state index contributed by atoms with van der Waals surface area (Å²) in [5, 5.41) is 45.9. The zero-order valence-electron chi connectivity index (χ0n) is 11.4. The molecule has 0 saturated heterocycles. The molecule has 7 heteroatoms. The molecular weight excluding hydrogens is 268 g/mol. The number of carboxylic acids is 2. The van der Waals surface area contributed by atoms with Gasteiger partial charge in [0, 0.05) is 35.7 Å². The number of hydrogen-bond donors (Lipinski definition) is 5. The topological polar surface area (TPSA) is 135 Å². The summed E-state index contributed by atoms with van der Waals surface area (Å²) in [6, 6.07) is 0. The van der Waals surface area contributed by atoms with Gasteiger partial charge in [0.2, 0.25) is 0 Å². The van der Waals surface area contributed by atoms with E-state index in [0.717, 1.165) is 12.2 Å². The van der Waals surface area contributed by atoms with Crippen LogP contribution in [-0.4, -0.2) is 57.3 Å². The molecule has 0 bridgehead atoms. The molecule has 7 nitrogen and oxygen atoms in total. The van der Waals surface area contributed by atoms with Gasteiger partial charge in [-0.1, -0.05) is 12.2 Å². The van der Waals surface area contributed by atoms with Gasteiger partial charge in [-0.05, 0) is 13.8 Å². The number of aliphatic carboxylic acids is 2. The molecule has 5 N–H and O–H groups in total. The van der Waals surface area contributed by atoms with Crippen LogP contribution in [0.2, 0.25) is 0 Å². The van der Waals surface area contributed by atoms with Gasteiger partial charge in [0.25, 0.3) is 0 Å². The van der Waals surface area contributed by atoms with E-state index in [2.05, 4.69) is 0 Å². The van der Waals surface area contributed by atoms with Gasteiger partial charge in [0.05, 0.1) is 6.61 Å². The largest absolute Gasteiger partial charge is 0.478 e. The van der Waals surface area contributed by atoms with Crippen molar-refractivity contribution >= 4 is 11.9 Å². The molecule has 0 aliphatic rings. The van der Waals surface area contributed by atoms with Crippen LogP contribution in [0, 0.1) is 11.3 Å². The molecule has 20 heavy (non-hydrogen) atoms. The summed E-state index contributed by atoms with van der Waals surface area (Å²) in [6.45, 7) is 0.840. The average Bonchev–Trinajstić information content (AvgIpc) is 2.39. The van der Waals surface area contributed by atoms with E-state index in [9.17, 15) is 24.9 Å². The summed E-state index contributed by atoms with van der Waals surface area (Å²) in [6.07, 6.45) is 2.30. The number of carbonyl (C=O) groups is 2. The number of aliphatic hydroxyl groups excluding tert-OH is 3. The van der Waals surface area contributed by atoms with Crippen LogP contribution in [0.5, 0.6) is 0 Å². The molecule has 0 saturated carbocycles. The van der Waals surface area contributed by atoms with Crippen molar-refractivity contribution in [1.29, 1.82) is 0 Å². The molecule has 0 atom stereocenters. The van der Waals surface area contributed by atoms with Gasteiger partial charge in [-0.25, -0.2) is 9.59 Å². The zero-order valence-corrected chi connectivity index (χ0v) is 11.4. The summed E-state index contributed by atoms with van der Waals surface area (Å²) in [4.78, 5) is 21.8. The van der Waals surface area contributed by atoms with Crippen molar-refractivity contribution in [2.75, 3.05) is 19.8 Å². The van der Waals surface area contributed by atoms with E-state index in [-0.39, 0.29) is 11.1 Å². The minimum Gasteiger partial charge on any atom is -0.478 e. The summed E-state index contributed by atoms with van der Waals surface area (Å²) in [5.41, 5.74) is -1.71. The quantitative estimate of drug-likeness (QED) is 0.384. The van der Waals surface area contributed by atoms with Gasteiger partial charge < -0.3 is 25.5 Å². The van der Waals surface area contributed by atoms with E-state index in [4.69, 9.17) is 10.2 Å². The SMILES string of the molecule is CC(=CC(C=C(C)C(=O)O)(CO)C(CO)CO)C(=O)O. The summed E-state index contributed by atoms with van der Waals surface area (Å²) >= 11 is 0. The van der Waals surface area contributed by atoms with Crippen LogP contribution in [0.25, 0.3) is 0 Å². The van der Waals surface area contributed by atoms with E-state index in [1.807, 2.05) is 0 Å². The van der Waals surface area contributed by atoms with Gasteiger partial charge >= 0.3 is 11.9 Å². The fourth-order valence-electron chi connectivity index (χ4n) is 1.83. The molecule has 0 aliphatic heterocycles. The predicted octanol–water partition coefficient (Wildman–Crippen LogP) is -0.372. The van der Waals surface area contributed by atoms with Crippen molar-refractivity contribution < 1.29 is 35.1 Å². The normalized spacial score (nSPS) is 16.1. The second-order valence-corrected chi connectivity index (χ2v) is 4.60. The highest BCUT2D eigenvalue weighted by atomic mass is 16.4. The molecule has 0 radical (unpaired) electrons. The first-order valence-electron chi connectivity index (χ1n) is 5.92. The van der Waals surface area contributed by atoms with Crippen molar-refractivity contribution in [2.24, 2.45) is 11.3 Å². The maximum atomic E-state index is 10.9. The van der Waals surface area contributed by atoms with E-state index >= 15 is 0 Å². The Bertz CT molecular complexity index is 388. The highest BCUT2D eigenvalue weighted by Crippen LogP contribution is 2.33. The van der Waals surface area contributed by atoms with Crippen molar-refractivity contribution in [2.45, 2.75) is 13.8 Å². The van der Waals surface area contributed by atoms with Crippen LogP contribution in [0.1, 0.15) is 13.8 Å². The molecule has 0 heterocycles. The Morgan fingerprint density at radius 2 is 1.30 bits per heavy atom. The summed E-state index contributed by atoms with van der Waals surface area (Å²) in [7, 11) is 0. The lowest BCUT2D eigenvalue weighted by molar-refractivity contribution is -0.133. The Kier molecular flexibility index (Phi) is 7.12. The number of rotatable bonds is 8. The van der Waals surface area contributed by atoms with Crippen molar-refractivity contribution in [3.8, 4) is 0 Å². The first kappa shape index (κ1) is 18.3. The van der Waals surface area contributed by atoms with Crippen molar-refractivity contribution in [1.82, 2.24) is 0 Å². The smallest absolute Gasteiger partial charge is 0.330 e. The van der Waals surface area contributed by atoms with Crippen LogP contribution in [0.4, 0.5) is 0 Å². The van der Waals surface area contributed by atoms with Crippen LogP contribution in [0.15, 0.2) is 23.3 Å². The molecule has 0 unspecified atom stereocenters. The average molecular weight is 288 g/mol. The molecule has 0 spiro atoms. The van der Waals surface area contributed by atoms with E-state index in [0.29, 0.717) is 0 Å². The molecule has 114 valence electrons. The third-order valence-corrected chi connectivity index (χ3v) is 3.12. The van der Waals surface area contributed by atoms with Crippen LogP contribution in [0.3, 0.4) is 0 Å². The maximum Gasteiger partial charge on any atom is 0.330 e. The Hall–Kier alpha value is -1.70. The third-order valence-electron chi connectivity index (χ3n) is 3.12. The van der Waals surface area contributed by atoms with Gasteiger partial charge in [-0.2, -0.15) is 0 Å². The molecule has 0 aliphatic carbocycles. The van der Waals surface area contributed by atoms with Crippen LogP contribution >= 0.6 is 0 Å². The predicted molar refractivity (Wildman–Crippen MR) is 70.0 cm³/mol. The fraction of sp³-hybridized carbons (Fsp3) is 0.538. The fourth-order valence-corrected chi connectivity index (χ4v) is 1.83. The first-order chi connectivity index (χ1) is 9.23. The second-order valence-electron chi connectivity index (χ2n) is 4.60. The Morgan fingerprint density at radius 1 is 0.950 bits per heavy atom. The van der Waals surface area contributed by atoms with Gasteiger partial charge in [0.15, 0.2) is 0 Å². The van der Waals surface area contributed by atoms with E-state index in [1.165, 1.54) is 13.8 Å². The highest BCUT2D eigenvalue weighted by molar-refractivity contribution is 5.87. The van der Waals surface area contributed by atoms with Crippen molar-refractivity contribution in [3.63, 3.8) is 0 Å². The summed E-state index contributed by atoms with van der Waals surface area (Å²) in [5.74, 6) is -3.39. The summed E-state index contributed by atoms with van der Waals surface area (Å²) < 4.78 is 0. The Labute approximate surface area is 116 Å². The molecule has 0 aromatic heterocycles. The Balaban J connectivity index is 5.99. The lowest BCUT2D eigenvalue weighted by Crippen LogP contribution is -2.37. The monoisotopic (exact) mass is 288 g/mol. The second kappa shape index (κ2) is 7.78. The highest BCUT2D eigenvalue weighted by Gasteiger charge is 2.35. The minimum absolute atomic E-state index is 0.125. The van der Waals surface area contributed by atoms with E-state index in [1.54, 1.807) is 0 Å². The lowest BCUT2D eigenvalue weighted by Gasteiger charge is -2.33. The van der Waals surface area contributed by atoms with Crippen molar-refractivity contribution in [3.05, 3.63) is 23.3 Å². The zero-order chi connectivity index (χ0) is 15.9. The first-order valence-corrected chi connectivity index (χ1v) is 5.92. The van der Waals surface area contributed by atoms with Crippen LogP contribution in [-0.2, 0) is 9.59 Å². The molecule has 0 aromatic rings. The van der Waals surface area contributed by atoms with Gasteiger partial charge in [-0.15, -0.1) is 0 Å². The molecule has 0 aromatic carbocycles. The third kappa shape index (κ3) is 4.44. The van der Waals surface area contributed by atoms with Crippen LogP contribution < -0.4 is 0 Å². The number of carboxylic acid groups (broad SMARTS) is 2. The Morgan fingerprint density at radius 3 is 1.50 bits per heavy atom. The van der Waals surface area contributed by atoms with Gasteiger partial charge in [-0.3, -0.25) is 0 Å². The minimum atomic E-state index is -1.46. The van der Waals surface area contributed by atoms with E-state index < -0.39 is 43.1 Å². The lowest BCUT2D eigenvalue weighted by atomic mass is 9.74. The number of hydrogen-bond acceptors (Lipinski definition) is 5. The molecule has 0 fully saturated rings. The molecule has 0 rings (SSSR count). The standard InChI is InChI=1S/C13H20O7/c1-8(11(17)18)3-13(7-16,10(5-14)6-15)4-9(2)12(19)20/h3-4,10,14-16H,5-7H2,1-2H3,(H,17,18)(H,19,20). The molecule has 0 amide bonds. The maximum absolute atomic E-state index is 10.9. The van der Waals surface area contributed by atoms with Gasteiger partial charge in [0.1, 0.15) is 0 Å². The number of aliphatic hydroxyl groups is 3. The molecular formula is C13H20O7.